The van der Waals surface area contributed by atoms with Crippen molar-refractivity contribution in [2.24, 2.45) is 5.73 Å². The summed E-state index contributed by atoms with van der Waals surface area (Å²) in [6, 6.07) is 0. The molecule has 2 heteroatoms. The molecule has 0 aliphatic rings. The molecule has 0 aromatic carbocycles. The molecule has 11 heavy (non-hydrogen) atoms. The molecule has 0 heterocycles. The normalized spacial score (nSPS) is 9.45. The summed E-state index contributed by atoms with van der Waals surface area (Å²) in [4.78, 5) is 2.26. The van der Waals surface area contributed by atoms with Crippen LogP contribution in [0.25, 0.3) is 0 Å². The van der Waals surface area contributed by atoms with Crippen molar-refractivity contribution >= 4 is 0 Å². The third-order valence-electron chi connectivity index (χ3n) is 1.54. The van der Waals surface area contributed by atoms with E-state index >= 15 is 0 Å². The van der Waals surface area contributed by atoms with E-state index in [2.05, 4.69) is 23.8 Å². The monoisotopic (exact) mass is 154 g/mol. The zero-order chi connectivity index (χ0) is 8.53. The summed E-state index contributed by atoms with van der Waals surface area (Å²) in [6.07, 6.45) is 2.05. The predicted molar refractivity (Wildman–Crippen MR) is 49.2 cm³/mol. The maximum atomic E-state index is 5.38. The van der Waals surface area contributed by atoms with E-state index in [1.807, 2.05) is 6.92 Å². The number of hydrogen-bond acceptors (Lipinski definition) is 2. The summed E-state index contributed by atoms with van der Waals surface area (Å²) in [5, 5.41) is 0. The summed E-state index contributed by atoms with van der Waals surface area (Å²) in [7, 11) is 2.10. The van der Waals surface area contributed by atoms with Crippen LogP contribution < -0.4 is 5.73 Å². The number of rotatable bonds is 5. The molecular formula is C9H18N2. The van der Waals surface area contributed by atoms with Crippen LogP contribution in [0.4, 0.5) is 0 Å². The van der Waals surface area contributed by atoms with E-state index in [1.54, 1.807) is 0 Å². The Morgan fingerprint density at radius 2 is 2.09 bits per heavy atom. The minimum absolute atomic E-state index is 0.782. The third-order valence-corrected chi connectivity index (χ3v) is 1.54. The average Bonchev–Trinajstić information content (AvgIpc) is 2.01. The number of hydrogen-bond donors (Lipinski definition) is 1. The highest BCUT2D eigenvalue weighted by Gasteiger charge is 1.93. The van der Waals surface area contributed by atoms with Crippen molar-refractivity contribution in [1.82, 2.24) is 4.90 Å². The van der Waals surface area contributed by atoms with Crippen LogP contribution in [0.5, 0.6) is 0 Å². The molecule has 64 valence electrons. The van der Waals surface area contributed by atoms with Gasteiger partial charge in [0.1, 0.15) is 0 Å². The molecule has 0 unspecified atom stereocenters. The van der Waals surface area contributed by atoms with E-state index in [0.29, 0.717) is 0 Å². The van der Waals surface area contributed by atoms with Gasteiger partial charge >= 0.3 is 0 Å². The molecule has 0 radical (unpaired) electrons. The highest BCUT2D eigenvalue weighted by Crippen LogP contribution is 1.87. The van der Waals surface area contributed by atoms with Gasteiger partial charge in [0.2, 0.25) is 0 Å². The predicted octanol–water partition coefficient (Wildman–Crippen LogP) is 0.680. The van der Waals surface area contributed by atoms with Gasteiger partial charge in [-0.3, -0.25) is 0 Å². The van der Waals surface area contributed by atoms with Crippen LogP contribution in [0.3, 0.4) is 0 Å². The molecule has 0 aromatic rings. The van der Waals surface area contributed by atoms with Crippen molar-refractivity contribution in [3.63, 3.8) is 0 Å². The van der Waals surface area contributed by atoms with Gasteiger partial charge in [-0.1, -0.05) is 0 Å². The number of nitrogens with zero attached hydrogens (tertiary/aromatic N) is 1. The second-order valence-electron chi connectivity index (χ2n) is 2.62. The Morgan fingerprint density at radius 1 is 1.36 bits per heavy atom. The standard InChI is InChI=1S/C9H18N2/c1-3-4-5-8-11(2)9-6-7-10/h5-10H2,1-2H3. The molecule has 0 amide bonds. The van der Waals surface area contributed by atoms with Gasteiger partial charge < -0.3 is 10.6 Å². The summed E-state index contributed by atoms with van der Waals surface area (Å²) < 4.78 is 0. The van der Waals surface area contributed by atoms with E-state index < -0.39 is 0 Å². The Balaban J connectivity index is 3.19. The molecular weight excluding hydrogens is 136 g/mol. The summed E-state index contributed by atoms with van der Waals surface area (Å²) >= 11 is 0. The first-order chi connectivity index (χ1) is 5.31. The topological polar surface area (TPSA) is 29.3 Å². The van der Waals surface area contributed by atoms with Gasteiger partial charge in [0.15, 0.2) is 0 Å². The zero-order valence-corrected chi connectivity index (χ0v) is 7.56. The smallest absolute Gasteiger partial charge is 0.0216 e. The minimum Gasteiger partial charge on any atom is -0.330 e. The molecule has 0 spiro atoms. The van der Waals surface area contributed by atoms with Crippen LogP contribution in [0.1, 0.15) is 19.8 Å². The molecule has 0 bridgehead atoms. The Bertz CT molecular complexity index is 132. The van der Waals surface area contributed by atoms with E-state index in [0.717, 1.165) is 32.5 Å². The molecule has 0 aliphatic carbocycles. The lowest BCUT2D eigenvalue weighted by Crippen LogP contribution is -2.22. The van der Waals surface area contributed by atoms with Crippen molar-refractivity contribution in [2.45, 2.75) is 19.8 Å². The van der Waals surface area contributed by atoms with Gasteiger partial charge in [-0.25, -0.2) is 0 Å². The lowest BCUT2D eigenvalue weighted by atomic mass is 10.3. The van der Waals surface area contributed by atoms with E-state index in [1.165, 1.54) is 0 Å². The van der Waals surface area contributed by atoms with E-state index in [9.17, 15) is 0 Å². The van der Waals surface area contributed by atoms with Gasteiger partial charge in [-0.05, 0) is 33.5 Å². The maximum Gasteiger partial charge on any atom is 0.0216 e. The molecule has 0 saturated carbocycles. The van der Waals surface area contributed by atoms with Crippen LogP contribution in [0.15, 0.2) is 0 Å². The van der Waals surface area contributed by atoms with Crippen molar-refractivity contribution in [2.75, 3.05) is 26.7 Å². The molecule has 0 rings (SSSR count). The fourth-order valence-corrected chi connectivity index (χ4v) is 0.845. The van der Waals surface area contributed by atoms with Crippen LogP contribution in [-0.4, -0.2) is 31.6 Å². The first kappa shape index (κ1) is 10.5. The molecule has 0 fully saturated rings. The van der Waals surface area contributed by atoms with Crippen molar-refractivity contribution < 1.29 is 0 Å². The highest BCUT2D eigenvalue weighted by molar-refractivity contribution is 4.95. The van der Waals surface area contributed by atoms with Gasteiger partial charge in [-0.15, -0.1) is 11.8 Å². The fourth-order valence-electron chi connectivity index (χ4n) is 0.845. The molecule has 2 N–H and O–H groups in total. The Morgan fingerprint density at radius 3 is 2.64 bits per heavy atom. The van der Waals surface area contributed by atoms with Crippen LogP contribution in [0, 0.1) is 11.8 Å². The van der Waals surface area contributed by atoms with Gasteiger partial charge in [-0.2, -0.15) is 0 Å². The second-order valence-corrected chi connectivity index (χ2v) is 2.62. The van der Waals surface area contributed by atoms with Crippen LogP contribution >= 0.6 is 0 Å². The van der Waals surface area contributed by atoms with Gasteiger partial charge in [0, 0.05) is 13.0 Å². The van der Waals surface area contributed by atoms with Gasteiger partial charge in [0.25, 0.3) is 0 Å². The Kier molecular flexibility index (Phi) is 7.23. The Labute approximate surface area is 69.8 Å². The summed E-state index contributed by atoms with van der Waals surface area (Å²) in [5.41, 5.74) is 5.38. The highest BCUT2D eigenvalue weighted by atomic mass is 15.1. The molecule has 0 saturated heterocycles. The van der Waals surface area contributed by atoms with Crippen molar-refractivity contribution in [3.8, 4) is 11.8 Å². The number of nitrogens with two attached hydrogens (primary N) is 1. The third kappa shape index (κ3) is 7.38. The molecule has 2 nitrogen and oxygen atoms in total. The average molecular weight is 154 g/mol. The van der Waals surface area contributed by atoms with Crippen molar-refractivity contribution in [3.05, 3.63) is 0 Å². The summed E-state index contributed by atoms with van der Waals surface area (Å²) in [6.45, 7) is 4.80. The van der Waals surface area contributed by atoms with Crippen LogP contribution in [-0.2, 0) is 0 Å². The van der Waals surface area contributed by atoms with E-state index in [-0.39, 0.29) is 0 Å². The van der Waals surface area contributed by atoms with E-state index in [4.69, 9.17) is 5.73 Å². The quantitative estimate of drug-likeness (QED) is 0.590. The lowest BCUT2D eigenvalue weighted by Gasteiger charge is -2.13. The summed E-state index contributed by atoms with van der Waals surface area (Å²) in [5.74, 6) is 5.91. The van der Waals surface area contributed by atoms with Crippen molar-refractivity contribution in [1.29, 1.82) is 0 Å². The minimum atomic E-state index is 0.782. The second kappa shape index (κ2) is 7.59. The SMILES string of the molecule is CC#CCCN(C)CCCN. The molecule has 0 atom stereocenters. The Hall–Kier alpha value is -0.520. The first-order valence-electron chi connectivity index (χ1n) is 4.09. The fraction of sp³-hybridized carbons (Fsp3) is 0.778. The largest absolute Gasteiger partial charge is 0.330 e. The first-order valence-corrected chi connectivity index (χ1v) is 4.09. The lowest BCUT2D eigenvalue weighted by molar-refractivity contribution is 0.340. The maximum absolute atomic E-state index is 5.38. The molecule has 0 aromatic heterocycles. The zero-order valence-electron chi connectivity index (χ0n) is 7.56. The van der Waals surface area contributed by atoms with Gasteiger partial charge in [0.05, 0.1) is 0 Å². The molecule has 0 aliphatic heterocycles. The van der Waals surface area contributed by atoms with Crippen LogP contribution in [0.2, 0.25) is 0 Å².